The Kier molecular flexibility index (Phi) is 4.60. The normalized spacial score (nSPS) is 18.1. The lowest BCUT2D eigenvalue weighted by Crippen LogP contribution is -2.19. The average Bonchev–Trinajstić information content (AvgIpc) is 2.48. The molecule has 1 atom stereocenters. The van der Waals surface area contributed by atoms with Crippen LogP contribution in [0.15, 0.2) is 41.5 Å². The Balaban J connectivity index is 1.94. The van der Waals surface area contributed by atoms with Gasteiger partial charge in [-0.2, -0.15) is 5.10 Å². The Hall–Kier alpha value is -2.50. The molecule has 0 saturated heterocycles. The number of hydrogen-bond acceptors (Lipinski definition) is 4. The van der Waals surface area contributed by atoms with Gasteiger partial charge in [-0.15, -0.1) is 0 Å². The third-order valence-corrected chi connectivity index (χ3v) is 3.08. The number of carbonyl (C=O) groups excluding carboxylic acids is 1. The Labute approximate surface area is 116 Å². The first kappa shape index (κ1) is 13.9. The third-order valence-electron chi connectivity index (χ3n) is 3.08. The highest BCUT2D eigenvalue weighted by Gasteiger charge is 2.11. The smallest absolute Gasteiger partial charge is 0.267 e. The maximum absolute atomic E-state index is 11.8. The molecule has 6 heteroatoms. The van der Waals surface area contributed by atoms with E-state index < -0.39 is 10.8 Å². The Morgan fingerprint density at radius 2 is 2.30 bits per heavy atom. The van der Waals surface area contributed by atoms with Crippen LogP contribution in [0.3, 0.4) is 0 Å². The monoisotopic (exact) mass is 273 g/mol. The van der Waals surface area contributed by atoms with E-state index in [1.54, 1.807) is 6.21 Å². The molecule has 0 saturated carbocycles. The van der Waals surface area contributed by atoms with E-state index in [0.717, 1.165) is 19.3 Å². The van der Waals surface area contributed by atoms with E-state index in [-0.39, 0.29) is 11.3 Å². The molecule has 1 aliphatic carbocycles. The van der Waals surface area contributed by atoms with Crippen molar-refractivity contribution in [3.8, 4) is 0 Å². The van der Waals surface area contributed by atoms with Crippen LogP contribution in [0.4, 0.5) is 5.69 Å². The standard InChI is InChI=1S/C14H15N3O3/c18-14(12-7-4-8-13(9-12)17(19)20)16-15-10-11-5-2-1-3-6-11/h1-2,4,7-11H,3,5-6H2,(H,16,18)/b15-10-/t11-/m1/s1. The summed E-state index contributed by atoms with van der Waals surface area (Å²) >= 11 is 0. The molecule has 1 aromatic rings. The molecule has 0 unspecified atom stereocenters. The van der Waals surface area contributed by atoms with Crippen molar-refractivity contribution in [3.63, 3.8) is 0 Å². The molecule has 0 fully saturated rings. The zero-order chi connectivity index (χ0) is 14.4. The molecule has 0 radical (unpaired) electrons. The fourth-order valence-electron chi connectivity index (χ4n) is 1.98. The molecule has 0 spiro atoms. The minimum Gasteiger partial charge on any atom is -0.267 e. The molecule has 0 aliphatic heterocycles. The summed E-state index contributed by atoms with van der Waals surface area (Å²) < 4.78 is 0. The van der Waals surface area contributed by atoms with Gasteiger partial charge >= 0.3 is 0 Å². The molecule has 104 valence electrons. The van der Waals surface area contributed by atoms with Gasteiger partial charge in [0.2, 0.25) is 0 Å². The molecule has 2 rings (SSSR count). The summed E-state index contributed by atoms with van der Waals surface area (Å²) in [5, 5.41) is 14.6. The number of carbonyl (C=O) groups is 1. The minimum absolute atomic E-state index is 0.112. The van der Waals surface area contributed by atoms with Gasteiger partial charge in [0, 0.05) is 23.9 Å². The Bertz CT molecular complexity index is 567. The van der Waals surface area contributed by atoms with Crippen molar-refractivity contribution >= 4 is 17.8 Å². The third kappa shape index (κ3) is 3.74. The number of benzene rings is 1. The second-order valence-electron chi connectivity index (χ2n) is 4.57. The van der Waals surface area contributed by atoms with Crippen molar-refractivity contribution in [2.45, 2.75) is 19.3 Å². The van der Waals surface area contributed by atoms with Gasteiger partial charge in [-0.1, -0.05) is 18.2 Å². The summed E-state index contributed by atoms with van der Waals surface area (Å²) in [4.78, 5) is 21.9. The number of rotatable bonds is 4. The van der Waals surface area contributed by atoms with Crippen LogP contribution in [0, 0.1) is 16.0 Å². The van der Waals surface area contributed by atoms with E-state index in [2.05, 4.69) is 22.7 Å². The molecule has 6 nitrogen and oxygen atoms in total. The summed E-state index contributed by atoms with van der Waals surface area (Å²) in [5.74, 6) is -0.110. The number of nitro benzene ring substituents is 1. The summed E-state index contributed by atoms with van der Waals surface area (Å²) in [5.41, 5.74) is 2.51. The first-order valence-corrected chi connectivity index (χ1v) is 6.40. The highest BCUT2D eigenvalue weighted by molar-refractivity contribution is 5.94. The van der Waals surface area contributed by atoms with Crippen LogP contribution in [0.25, 0.3) is 0 Å². The minimum atomic E-state index is -0.533. The van der Waals surface area contributed by atoms with Crippen molar-refractivity contribution in [1.82, 2.24) is 5.43 Å². The number of nitrogens with zero attached hydrogens (tertiary/aromatic N) is 2. The fraction of sp³-hybridized carbons (Fsp3) is 0.286. The van der Waals surface area contributed by atoms with E-state index in [9.17, 15) is 14.9 Å². The van der Waals surface area contributed by atoms with Crippen LogP contribution in [-0.4, -0.2) is 17.0 Å². The topological polar surface area (TPSA) is 84.6 Å². The van der Waals surface area contributed by atoms with E-state index in [1.807, 2.05) is 0 Å². The maximum atomic E-state index is 11.8. The van der Waals surface area contributed by atoms with Gasteiger partial charge in [-0.25, -0.2) is 5.43 Å². The molecule has 1 N–H and O–H groups in total. The van der Waals surface area contributed by atoms with Gasteiger partial charge in [-0.05, 0) is 31.2 Å². The van der Waals surface area contributed by atoms with Gasteiger partial charge in [0.25, 0.3) is 11.6 Å². The summed E-state index contributed by atoms with van der Waals surface area (Å²) in [7, 11) is 0. The highest BCUT2D eigenvalue weighted by Crippen LogP contribution is 2.16. The van der Waals surface area contributed by atoms with Crippen molar-refractivity contribution < 1.29 is 9.72 Å². The van der Waals surface area contributed by atoms with Crippen LogP contribution in [0.2, 0.25) is 0 Å². The summed E-state index contributed by atoms with van der Waals surface area (Å²) in [6, 6.07) is 5.56. The number of amides is 1. The number of hydrogen-bond donors (Lipinski definition) is 1. The number of nitrogens with one attached hydrogen (secondary N) is 1. The number of allylic oxidation sites excluding steroid dienone is 2. The predicted octanol–water partition coefficient (Wildman–Crippen LogP) is 2.67. The zero-order valence-corrected chi connectivity index (χ0v) is 10.9. The number of nitro groups is 1. The van der Waals surface area contributed by atoms with E-state index in [1.165, 1.54) is 24.3 Å². The van der Waals surface area contributed by atoms with Crippen molar-refractivity contribution in [3.05, 3.63) is 52.1 Å². The lowest BCUT2D eigenvalue weighted by Gasteiger charge is -2.11. The second kappa shape index (κ2) is 6.60. The molecule has 0 bridgehead atoms. The quantitative estimate of drug-likeness (QED) is 0.396. The van der Waals surface area contributed by atoms with E-state index >= 15 is 0 Å². The van der Waals surface area contributed by atoms with Crippen molar-refractivity contribution in [1.29, 1.82) is 0 Å². The van der Waals surface area contributed by atoms with Crippen LogP contribution >= 0.6 is 0 Å². The molecule has 0 heterocycles. The zero-order valence-electron chi connectivity index (χ0n) is 10.9. The van der Waals surface area contributed by atoms with Crippen LogP contribution < -0.4 is 5.43 Å². The molecule has 1 aliphatic rings. The molecular formula is C14H15N3O3. The van der Waals surface area contributed by atoms with Gasteiger partial charge in [-0.3, -0.25) is 14.9 Å². The molecular weight excluding hydrogens is 258 g/mol. The van der Waals surface area contributed by atoms with Gasteiger partial charge in [0.05, 0.1) is 4.92 Å². The Morgan fingerprint density at radius 3 is 3.00 bits per heavy atom. The van der Waals surface area contributed by atoms with Crippen LogP contribution in [0.5, 0.6) is 0 Å². The molecule has 0 aromatic heterocycles. The maximum Gasteiger partial charge on any atom is 0.271 e. The lowest BCUT2D eigenvalue weighted by atomic mass is 9.96. The highest BCUT2D eigenvalue weighted by atomic mass is 16.6. The van der Waals surface area contributed by atoms with Crippen LogP contribution in [-0.2, 0) is 0 Å². The van der Waals surface area contributed by atoms with E-state index in [4.69, 9.17) is 0 Å². The summed E-state index contributed by atoms with van der Waals surface area (Å²) in [6.07, 6.45) is 8.92. The average molecular weight is 273 g/mol. The Morgan fingerprint density at radius 1 is 1.45 bits per heavy atom. The van der Waals surface area contributed by atoms with Gasteiger partial charge in [0.1, 0.15) is 0 Å². The van der Waals surface area contributed by atoms with Crippen molar-refractivity contribution in [2.24, 2.45) is 11.0 Å². The second-order valence-corrected chi connectivity index (χ2v) is 4.57. The lowest BCUT2D eigenvalue weighted by molar-refractivity contribution is -0.384. The first-order valence-electron chi connectivity index (χ1n) is 6.40. The van der Waals surface area contributed by atoms with Crippen molar-refractivity contribution in [2.75, 3.05) is 0 Å². The fourth-order valence-corrected chi connectivity index (χ4v) is 1.98. The summed E-state index contributed by atoms with van der Waals surface area (Å²) in [6.45, 7) is 0. The number of hydrazone groups is 1. The largest absolute Gasteiger partial charge is 0.271 e. The molecule has 1 amide bonds. The SMILES string of the molecule is O=C(N/N=C\[C@@H]1CC=CCC1)c1cccc([N+](=O)[O-])c1. The first-order chi connectivity index (χ1) is 9.66. The number of non-ortho nitro benzene ring substituents is 1. The molecule has 20 heavy (non-hydrogen) atoms. The van der Waals surface area contributed by atoms with Gasteiger partial charge in [0.15, 0.2) is 0 Å². The van der Waals surface area contributed by atoms with Gasteiger partial charge < -0.3 is 0 Å². The van der Waals surface area contributed by atoms with E-state index in [0.29, 0.717) is 5.92 Å². The predicted molar refractivity (Wildman–Crippen MR) is 75.5 cm³/mol. The van der Waals surface area contributed by atoms with Crippen LogP contribution in [0.1, 0.15) is 29.6 Å². The molecule has 1 aromatic carbocycles.